The minimum atomic E-state index is -0.774. The fourth-order valence-corrected chi connectivity index (χ4v) is 3.84. The molecule has 0 saturated heterocycles. The molecule has 1 atom stereocenters. The maximum Gasteiger partial charge on any atom is 0.273 e. The molecule has 1 amide bonds. The van der Waals surface area contributed by atoms with Gasteiger partial charge >= 0.3 is 0 Å². The average molecular weight is 375 g/mol. The maximum absolute atomic E-state index is 14.4. The first-order valence-electron chi connectivity index (χ1n) is 8.43. The topological polar surface area (TPSA) is 117 Å². The fourth-order valence-electron chi connectivity index (χ4n) is 2.86. The van der Waals surface area contributed by atoms with Gasteiger partial charge in [-0.15, -0.1) is 0 Å². The highest BCUT2D eigenvalue weighted by Crippen LogP contribution is 2.37. The third-order valence-corrected chi connectivity index (χ3v) is 5.40. The van der Waals surface area contributed by atoms with Crippen LogP contribution in [0.5, 0.6) is 0 Å². The van der Waals surface area contributed by atoms with Crippen LogP contribution < -0.4 is 16.8 Å². The lowest BCUT2D eigenvalue weighted by Crippen LogP contribution is -2.30. The van der Waals surface area contributed by atoms with Crippen LogP contribution in [0, 0.1) is 17.1 Å². The summed E-state index contributed by atoms with van der Waals surface area (Å²) in [5.74, 6) is 0.0472. The Morgan fingerprint density at radius 2 is 2.23 bits per heavy atom. The monoisotopic (exact) mass is 375 g/mol. The molecule has 1 aliphatic carbocycles. The molecule has 1 aromatic carbocycles. The summed E-state index contributed by atoms with van der Waals surface area (Å²) in [6, 6.07) is 4.31. The number of amides is 1. The van der Waals surface area contributed by atoms with Gasteiger partial charge in [0, 0.05) is 22.7 Å². The number of nitrogens with two attached hydrogens (primary N) is 2. The van der Waals surface area contributed by atoms with Crippen molar-refractivity contribution in [3.05, 3.63) is 41.4 Å². The van der Waals surface area contributed by atoms with Crippen molar-refractivity contribution < 1.29 is 9.18 Å². The number of hydrogen-bond donors (Lipinski definition) is 4. The molecule has 0 spiro atoms. The molecule has 6 nitrogen and oxygen atoms in total. The number of aliphatic imine (C=N–C) groups is 1. The number of benzene rings is 1. The number of thioether (sulfide) groups is 1. The van der Waals surface area contributed by atoms with Crippen LogP contribution in [0.1, 0.15) is 31.7 Å². The Labute approximate surface area is 155 Å². The van der Waals surface area contributed by atoms with Gasteiger partial charge in [0.1, 0.15) is 11.5 Å². The van der Waals surface area contributed by atoms with Crippen LogP contribution >= 0.6 is 11.8 Å². The summed E-state index contributed by atoms with van der Waals surface area (Å²) in [5, 5.41) is 10.9. The molecular weight excluding hydrogens is 353 g/mol. The number of carbonyl (C=O) groups excluding carboxylic acids is 1. The predicted octanol–water partition coefficient (Wildman–Crippen LogP) is 2.70. The van der Waals surface area contributed by atoms with Crippen LogP contribution in [-0.2, 0) is 10.3 Å². The first-order chi connectivity index (χ1) is 12.3. The van der Waals surface area contributed by atoms with E-state index in [1.807, 2.05) is 6.92 Å². The predicted molar refractivity (Wildman–Crippen MR) is 104 cm³/mol. The Bertz CT molecular complexity index is 818. The van der Waals surface area contributed by atoms with E-state index >= 15 is 0 Å². The van der Waals surface area contributed by atoms with E-state index in [1.165, 1.54) is 30.0 Å². The van der Waals surface area contributed by atoms with Gasteiger partial charge < -0.3 is 16.8 Å². The smallest absolute Gasteiger partial charge is 0.273 e. The van der Waals surface area contributed by atoms with Gasteiger partial charge in [0.25, 0.3) is 5.91 Å². The lowest BCUT2D eigenvalue weighted by Gasteiger charge is -2.30. The van der Waals surface area contributed by atoms with E-state index in [-0.39, 0.29) is 11.6 Å². The highest BCUT2D eigenvalue weighted by molar-refractivity contribution is 8.13. The molecule has 0 bridgehead atoms. The molecule has 0 aromatic heterocycles. The number of allylic oxidation sites excluding steroid dienone is 1. The second-order valence-corrected chi connectivity index (χ2v) is 7.92. The van der Waals surface area contributed by atoms with Gasteiger partial charge in [0.2, 0.25) is 0 Å². The SMILES string of the molecule is C[C@@]1(c2cc(NC(=O)C(=N)/C=C(\N)C3CC3)ccc2F)CCSC(N)=N1. The van der Waals surface area contributed by atoms with E-state index in [4.69, 9.17) is 16.9 Å². The van der Waals surface area contributed by atoms with Gasteiger partial charge in [0.15, 0.2) is 5.17 Å². The zero-order chi connectivity index (χ0) is 18.9. The Morgan fingerprint density at radius 3 is 2.88 bits per heavy atom. The minimum absolute atomic E-state index is 0.220. The molecule has 0 radical (unpaired) electrons. The van der Waals surface area contributed by atoms with E-state index in [9.17, 15) is 9.18 Å². The van der Waals surface area contributed by atoms with Crippen molar-refractivity contribution in [2.45, 2.75) is 31.7 Å². The number of hydrogen-bond acceptors (Lipinski definition) is 6. The molecule has 6 N–H and O–H groups in total. The van der Waals surface area contributed by atoms with Gasteiger partial charge in [-0.3, -0.25) is 15.2 Å². The van der Waals surface area contributed by atoms with Crippen LogP contribution in [0.4, 0.5) is 10.1 Å². The molecule has 1 fully saturated rings. The van der Waals surface area contributed by atoms with Crippen molar-refractivity contribution >= 4 is 34.2 Å². The Balaban J connectivity index is 1.79. The highest BCUT2D eigenvalue weighted by Gasteiger charge is 2.32. The summed E-state index contributed by atoms with van der Waals surface area (Å²) in [7, 11) is 0. The summed E-state index contributed by atoms with van der Waals surface area (Å²) >= 11 is 1.44. The summed E-state index contributed by atoms with van der Waals surface area (Å²) < 4.78 is 14.4. The largest absolute Gasteiger partial charge is 0.402 e. The first kappa shape index (κ1) is 18.4. The summed E-state index contributed by atoms with van der Waals surface area (Å²) in [6.07, 6.45) is 4.03. The van der Waals surface area contributed by atoms with E-state index < -0.39 is 17.3 Å². The van der Waals surface area contributed by atoms with Gasteiger partial charge in [0.05, 0.1) is 5.54 Å². The molecule has 8 heteroatoms. The second kappa shape index (κ2) is 7.11. The van der Waals surface area contributed by atoms with E-state index in [1.54, 1.807) is 6.07 Å². The zero-order valence-corrected chi connectivity index (χ0v) is 15.3. The van der Waals surface area contributed by atoms with Crippen molar-refractivity contribution in [2.24, 2.45) is 22.4 Å². The summed E-state index contributed by atoms with van der Waals surface area (Å²) in [5.41, 5.74) is 12.0. The second-order valence-electron chi connectivity index (χ2n) is 6.80. The number of amidine groups is 1. The van der Waals surface area contributed by atoms with Crippen molar-refractivity contribution in [3.63, 3.8) is 0 Å². The Morgan fingerprint density at radius 1 is 1.50 bits per heavy atom. The Hall–Kier alpha value is -2.35. The molecule has 0 unspecified atom stereocenters. The molecule has 1 aliphatic heterocycles. The van der Waals surface area contributed by atoms with Crippen molar-refractivity contribution in [2.75, 3.05) is 11.1 Å². The van der Waals surface area contributed by atoms with Crippen molar-refractivity contribution in [1.82, 2.24) is 0 Å². The number of anilines is 1. The zero-order valence-electron chi connectivity index (χ0n) is 14.5. The van der Waals surface area contributed by atoms with E-state index in [0.717, 1.165) is 18.6 Å². The molecule has 1 saturated carbocycles. The third-order valence-electron chi connectivity index (χ3n) is 4.60. The van der Waals surface area contributed by atoms with Crippen LogP contribution in [0.3, 0.4) is 0 Å². The van der Waals surface area contributed by atoms with Gasteiger partial charge in [-0.1, -0.05) is 11.8 Å². The standard InChI is InChI=1S/C18H22FN5OS/c1-18(6-7-26-17(22)24-18)12-8-11(4-5-13(12)19)23-16(25)15(21)9-14(20)10-2-3-10/h4-5,8-10,21H,2-3,6-7,20H2,1H3,(H2,22,24)(H,23,25)/b14-9-,21-15?/t18-/m0/s1. The Kier molecular flexibility index (Phi) is 5.04. The molecule has 26 heavy (non-hydrogen) atoms. The average Bonchev–Trinajstić information content (AvgIpc) is 3.41. The molecule has 2 aliphatic rings. The van der Waals surface area contributed by atoms with Gasteiger partial charge in [-0.05, 0) is 56.4 Å². The van der Waals surface area contributed by atoms with Crippen LogP contribution in [0.25, 0.3) is 0 Å². The molecule has 3 rings (SSSR count). The summed E-state index contributed by atoms with van der Waals surface area (Å²) in [6.45, 7) is 1.82. The van der Waals surface area contributed by atoms with Crippen LogP contribution in [0.2, 0.25) is 0 Å². The van der Waals surface area contributed by atoms with E-state index in [0.29, 0.717) is 28.5 Å². The molecular formula is C18H22FN5OS. The molecule has 1 aromatic rings. The lowest BCUT2D eigenvalue weighted by molar-refractivity contribution is -0.110. The van der Waals surface area contributed by atoms with Crippen LogP contribution in [-0.4, -0.2) is 22.5 Å². The van der Waals surface area contributed by atoms with Gasteiger partial charge in [-0.2, -0.15) is 0 Å². The van der Waals surface area contributed by atoms with Crippen molar-refractivity contribution in [1.29, 1.82) is 5.41 Å². The number of rotatable bonds is 5. The fraction of sp³-hybridized carbons (Fsp3) is 0.389. The highest BCUT2D eigenvalue weighted by atomic mass is 32.2. The first-order valence-corrected chi connectivity index (χ1v) is 9.42. The molecule has 138 valence electrons. The number of carbonyl (C=O) groups is 1. The van der Waals surface area contributed by atoms with Crippen LogP contribution in [0.15, 0.2) is 35.0 Å². The quantitative estimate of drug-likeness (QED) is 0.592. The third kappa shape index (κ3) is 4.07. The van der Waals surface area contributed by atoms with E-state index in [2.05, 4.69) is 10.3 Å². The normalized spacial score (nSPS) is 23.3. The number of nitrogens with one attached hydrogen (secondary N) is 2. The maximum atomic E-state index is 14.4. The van der Waals surface area contributed by atoms with Crippen molar-refractivity contribution in [3.8, 4) is 0 Å². The van der Waals surface area contributed by atoms with Gasteiger partial charge in [-0.25, -0.2) is 4.39 Å². The summed E-state index contributed by atoms with van der Waals surface area (Å²) in [4.78, 5) is 16.6. The minimum Gasteiger partial charge on any atom is -0.402 e. The lowest BCUT2D eigenvalue weighted by atomic mass is 9.89. The number of halogens is 1. The number of nitrogens with zero attached hydrogens (tertiary/aromatic N) is 1. The molecule has 1 heterocycles.